The Hall–Kier alpha value is -1.59. The van der Waals surface area contributed by atoms with Gasteiger partial charge in [0.15, 0.2) is 0 Å². The van der Waals surface area contributed by atoms with Gasteiger partial charge in [0.2, 0.25) is 0 Å². The first-order chi connectivity index (χ1) is 11.7. The molecule has 1 unspecified atom stereocenters. The summed E-state index contributed by atoms with van der Waals surface area (Å²) in [6, 6.07) is 7.76. The molecular formula is C19H29N3O2. The molecule has 2 heterocycles. The van der Waals surface area contributed by atoms with E-state index in [9.17, 15) is 4.79 Å². The fourth-order valence-electron chi connectivity index (χ4n) is 3.90. The lowest BCUT2D eigenvalue weighted by atomic mass is 9.97. The minimum Gasteiger partial charge on any atom is -0.465 e. The second-order valence-electron chi connectivity index (χ2n) is 7.10. The van der Waals surface area contributed by atoms with Crippen molar-refractivity contribution in [1.29, 1.82) is 0 Å². The Balaban J connectivity index is 1.48. The number of methoxy groups -OCH3 is 1. The molecule has 0 amide bonds. The molecule has 1 atom stereocenters. The Labute approximate surface area is 145 Å². The van der Waals surface area contributed by atoms with Crippen LogP contribution in [0.25, 0.3) is 0 Å². The van der Waals surface area contributed by atoms with Crippen molar-refractivity contribution in [3.05, 3.63) is 29.8 Å². The molecule has 2 fully saturated rings. The fourth-order valence-corrected chi connectivity index (χ4v) is 3.90. The minimum absolute atomic E-state index is 0.274. The quantitative estimate of drug-likeness (QED) is 0.788. The van der Waals surface area contributed by atoms with Gasteiger partial charge in [-0.2, -0.15) is 0 Å². The maximum Gasteiger partial charge on any atom is 0.337 e. The number of benzene rings is 1. The van der Waals surface area contributed by atoms with Crippen molar-refractivity contribution in [3.8, 4) is 0 Å². The van der Waals surface area contributed by atoms with E-state index in [2.05, 4.69) is 21.7 Å². The van der Waals surface area contributed by atoms with Crippen molar-refractivity contribution < 1.29 is 9.53 Å². The van der Waals surface area contributed by atoms with E-state index >= 15 is 0 Å². The Bertz CT molecular complexity index is 538. The fraction of sp³-hybridized carbons (Fsp3) is 0.632. The predicted molar refractivity (Wildman–Crippen MR) is 96.7 cm³/mol. The van der Waals surface area contributed by atoms with Gasteiger partial charge in [0.1, 0.15) is 0 Å². The third-order valence-corrected chi connectivity index (χ3v) is 5.26. The summed E-state index contributed by atoms with van der Waals surface area (Å²) in [6.07, 6.45) is 2.72. The molecule has 0 aromatic heterocycles. The van der Waals surface area contributed by atoms with Crippen LogP contribution in [0.5, 0.6) is 0 Å². The lowest BCUT2D eigenvalue weighted by Crippen LogP contribution is -2.49. The lowest BCUT2D eigenvalue weighted by molar-refractivity contribution is 0.0601. The summed E-state index contributed by atoms with van der Waals surface area (Å²) >= 11 is 0. The van der Waals surface area contributed by atoms with Crippen LogP contribution in [-0.4, -0.2) is 75.7 Å². The molecule has 0 radical (unpaired) electrons. The summed E-state index contributed by atoms with van der Waals surface area (Å²) in [4.78, 5) is 19.0. The SMILES string of the molecule is COC(=O)c1ccc(N2CCN(CC3CCCN(C)C3)CC2)cc1. The molecule has 5 nitrogen and oxygen atoms in total. The third-order valence-electron chi connectivity index (χ3n) is 5.26. The van der Waals surface area contributed by atoms with Crippen LogP contribution in [-0.2, 0) is 4.74 Å². The van der Waals surface area contributed by atoms with Gasteiger partial charge < -0.3 is 14.5 Å². The van der Waals surface area contributed by atoms with Gasteiger partial charge in [0.25, 0.3) is 0 Å². The number of rotatable bonds is 4. The van der Waals surface area contributed by atoms with E-state index in [0.29, 0.717) is 5.56 Å². The van der Waals surface area contributed by atoms with Gasteiger partial charge >= 0.3 is 5.97 Å². The van der Waals surface area contributed by atoms with E-state index in [0.717, 1.165) is 32.1 Å². The van der Waals surface area contributed by atoms with Gasteiger partial charge in [-0.15, -0.1) is 0 Å². The number of ether oxygens (including phenoxy) is 1. The van der Waals surface area contributed by atoms with Crippen LogP contribution in [0.4, 0.5) is 5.69 Å². The molecule has 5 heteroatoms. The van der Waals surface area contributed by atoms with Crippen LogP contribution >= 0.6 is 0 Å². The molecule has 132 valence electrons. The minimum atomic E-state index is -0.274. The number of carbonyl (C=O) groups excluding carboxylic acids is 1. The van der Waals surface area contributed by atoms with E-state index in [4.69, 9.17) is 4.74 Å². The van der Waals surface area contributed by atoms with Gasteiger partial charge in [-0.1, -0.05) is 0 Å². The molecule has 0 saturated carbocycles. The lowest BCUT2D eigenvalue weighted by Gasteiger charge is -2.39. The topological polar surface area (TPSA) is 36.0 Å². The molecule has 2 saturated heterocycles. The van der Waals surface area contributed by atoms with Crippen molar-refractivity contribution in [1.82, 2.24) is 9.80 Å². The number of hydrogen-bond donors (Lipinski definition) is 0. The van der Waals surface area contributed by atoms with Crippen molar-refractivity contribution in [2.24, 2.45) is 5.92 Å². The monoisotopic (exact) mass is 331 g/mol. The van der Waals surface area contributed by atoms with E-state index < -0.39 is 0 Å². The zero-order chi connectivity index (χ0) is 16.9. The van der Waals surface area contributed by atoms with Crippen LogP contribution in [0.1, 0.15) is 23.2 Å². The van der Waals surface area contributed by atoms with E-state index in [1.165, 1.54) is 45.3 Å². The van der Waals surface area contributed by atoms with Crippen LogP contribution in [0, 0.1) is 5.92 Å². The van der Waals surface area contributed by atoms with Crippen molar-refractivity contribution in [2.45, 2.75) is 12.8 Å². The molecule has 0 bridgehead atoms. The highest BCUT2D eigenvalue weighted by Gasteiger charge is 2.23. The normalized spacial score (nSPS) is 23.2. The number of carbonyl (C=O) groups is 1. The summed E-state index contributed by atoms with van der Waals surface area (Å²) in [6.45, 7) is 8.10. The van der Waals surface area contributed by atoms with Crippen LogP contribution in [0.3, 0.4) is 0 Å². The Morgan fingerprint density at radius 2 is 1.83 bits per heavy atom. The van der Waals surface area contributed by atoms with Gasteiger partial charge in [0.05, 0.1) is 12.7 Å². The van der Waals surface area contributed by atoms with Gasteiger partial charge in [-0.3, -0.25) is 4.90 Å². The third kappa shape index (κ3) is 4.28. The Morgan fingerprint density at radius 3 is 2.46 bits per heavy atom. The molecule has 2 aliphatic rings. The van der Waals surface area contributed by atoms with Crippen molar-refractivity contribution in [2.75, 3.05) is 64.9 Å². The number of esters is 1. The molecule has 24 heavy (non-hydrogen) atoms. The van der Waals surface area contributed by atoms with Crippen molar-refractivity contribution >= 4 is 11.7 Å². The van der Waals surface area contributed by atoms with Crippen LogP contribution < -0.4 is 4.90 Å². The maximum atomic E-state index is 11.5. The zero-order valence-electron chi connectivity index (χ0n) is 14.9. The first-order valence-electron chi connectivity index (χ1n) is 9.00. The Kier molecular flexibility index (Phi) is 5.74. The van der Waals surface area contributed by atoms with Crippen LogP contribution in [0.2, 0.25) is 0 Å². The molecule has 0 aliphatic carbocycles. The van der Waals surface area contributed by atoms with Crippen LogP contribution in [0.15, 0.2) is 24.3 Å². The highest BCUT2D eigenvalue weighted by Crippen LogP contribution is 2.20. The second kappa shape index (κ2) is 7.99. The van der Waals surface area contributed by atoms with Gasteiger partial charge in [-0.05, 0) is 56.6 Å². The predicted octanol–water partition coefficient (Wildman–Crippen LogP) is 1.94. The molecule has 0 spiro atoms. The summed E-state index contributed by atoms with van der Waals surface area (Å²) in [5.74, 6) is 0.554. The molecule has 1 aromatic rings. The smallest absolute Gasteiger partial charge is 0.337 e. The number of likely N-dealkylation sites (tertiary alicyclic amines) is 1. The largest absolute Gasteiger partial charge is 0.465 e. The first kappa shape index (κ1) is 17.2. The van der Waals surface area contributed by atoms with Gasteiger partial charge in [-0.25, -0.2) is 4.79 Å². The molecular weight excluding hydrogens is 302 g/mol. The summed E-state index contributed by atoms with van der Waals surface area (Å²) in [5, 5.41) is 0. The summed E-state index contributed by atoms with van der Waals surface area (Å²) < 4.78 is 4.75. The summed E-state index contributed by atoms with van der Waals surface area (Å²) in [5.41, 5.74) is 1.81. The van der Waals surface area contributed by atoms with Gasteiger partial charge in [0, 0.05) is 45.0 Å². The first-order valence-corrected chi connectivity index (χ1v) is 9.00. The Morgan fingerprint density at radius 1 is 1.12 bits per heavy atom. The number of nitrogens with zero attached hydrogens (tertiary/aromatic N) is 3. The van der Waals surface area contributed by atoms with Crippen molar-refractivity contribution in [3.63, 3.8) is 0 Å². The van der Waals surface area contributed by atoms with E-state index in [1.54, 1.807) is 0 Å². The molecule has 3 rings (SSSR count). The zero-order valence-corrected chi connectivity index (χ0v) is 14.9. The number of hydrogen-bond acceptors (Lipinski definition) is 5. The summed E-state index contributed by atoms with van der Waals surface area (Å²) in [7, 11) is 3.65. The standard InChI is InChI=1S/C19H29N3O2/c1-20-9-3-4-16(14-20)15-21-10-12-22(13-11-21)18-7-5-17(6-8-18)19(23)24-2/h5-8,16H,3-4,9-15H2,1-2H3. The number of piperazine rings is 1. The molecule has 0 N–H and O–H groups in total. The second-order valence-corrected chi connectivity index (χ2v) is 7.10. The average molecular weight is 331 g/mol. The highest BCUT2D eigenvalue weighted by molar-refractivity contribution is 5.89. The van der Waals surface area contributed by atoms with E-state index in [1.807, 2.05) is 24.3 Å². The molecule has 2 aliphatic heterocycles. The maximum absolute atomic E-state index is 11.5. The number of piperidine rings is 1. The highest BCUT2D eigenvalue weighted by atomic mass is 16.5. The number of anilines is 1. The average Bonchev–Trinajstić information content (AvgIpc) is 2.62. The van der Waals surface area contributed by atoms with E-state index in [-0.39, 0.29) is 5.97 Å². The molecule has 1 aromatic carbocycles.